The van der Waals surface area contributed by atoms with Gasteiger partial charge in [-0.05, 0) is 41.3 Å². The molecule has 3 nitrogen and oxygen atoms in total. The van der Waals surface area contributed by atoms with Crippen LogP contribution in [0.15, 0.2) is 41.3 Å². The van der Waals surface area contributed by atoms with Gasteiger partial charge in [-0.3, -0.25) is 0 Å². The fourth-order valence-electron chi connectivity index (χ4n) is 2.52. The molecule has 0 saturated carbocycles. The normalized spacial score (nSPS) is 11.4. The van der Waals surface area contributed by atoms with Crippen LogP contribution in [-0.4, -0.2) is 13.0 Å². The fraction of sp³-hybridized carbons (Fsp3) is 0.412. The Kier molecular flexibility index (Phi) is 8.78. The van der Waals surface area contributed by atoms with Gasteiger partial charge in [-0.25, -0.2) is 8.42 Å². The maximum Gasteiger partial charge on any atom is 1.00 e. The zero-order valence-corrected chi connectivity index (χ0v) is 17.3. The van der Waals surface area contributed by atoms with Gasteiger partial charge in [0.1, 0.15) is 10.1 Å². The van der Waals surface area contributed by atoms with Gasteiger partial charge in [0.25, 0.3) is 0 Å². The van der Waals surface area contributed by atoms with E-state index >= 15 is 0 Å². The third-order valence-electron chi connectivity index (χ3n) is 3.73. The van der Waals surface area contributed by atoms with E-state index in [0.717, 1.165) is 17.2 Å². The Morgan fingerprint density at radius 1 is 0.909 bits per heavy atom. The molecule has 5 heteroatoms. The van der Waals surface area contributed by atoms with Crippen molar-refractivity contribution in [1.82, 2.24) is 0 Å². The molecule has 0 N–H and O–H groups in total. The predicted molar refractivity (Wildman–Crippen MR) is 84.4 cm³/mol. The zero-order valence-electron chi connectivity index (χ0n) is 13.3. The minimum Gasteiger partial charge on any atom is -0.744 e. The van der Waals surface area contributed by atoms with Crippen molar-refractivity contribution >= 4 is 20.9 Å². The molecule has 0 radical (unpaired) electrons. The summed E-state index contributed by atoms with van der Waals surface area (Å²) >= 11 is 0. The molecule has 0 aliphatic heterocycles. The average molecular weight is 345 g/mol. The number of aryl methyl sites for hydroxylation is 1. The largest absolute Gasteiger partial charge is 1.00 e. The molecule has 0 amide bonds. The van der Waals surface area contributed by atoms with Crippen LogP contribution in [0.3, 0.4) is 0 Å². The van der Waals surface area contributed by atoms with Gasteiger partial charge < -0.3 is 4.55 Å². The quantitative estimate of drug-likeness (QED) is 0.432. The van der Waals surface area contributed by atoms with Crippen molar-refractivity contribution in [2.75, 3.05) is 0 Å². The van der Waals surface area contributed by atoms with Crippen LogP contribution in [-0.2, 0) is 16.5 Å². The third kappa shape index (κ3) is 6.04. The first-order valence-electron chi connectivity index (χ1n) is 7.49. The summed E-state index contributed by atoms with van der Waals surface area (Å²) in [5.74, 6) is 0. The standard InChI is InChI=1S/C17H22O3S.K/c1-2-3-4-5-6-7-14-8-9-16-13-17(21(18,19)20)11-10-15(16)12-14;/h8-13H,2-7H2,1H3,(H,18,19,20);/q;+1/p-1. The zero-order chi connectivity index (χ0) is 15.3. The monoisotopic (exact) mass is 344 g/mol. The number of rotatable bonds is 7. The van der Waals surface area contributed by atoms with Gasteiger partial charge in [0.15, 0.2) is 0 Å². The summed E-state index contributed by atoms with van der Waals surface area (Å²) in [7, 11) is -4.38. The van der Waals surface area contributed by atoms with Crippen LogP contribution in [0.1, 0.15) is 44.6 Å². The molecule has 0 spiro atoms. The van der Waals surface area contributed by atoms with Crippen molar-refractivity contribution in [3.8, 4) is 0 Å². The van der Waals surface area contributed by atoms with Crippen LogP contribution in [0.4, 0.5) is 0 Å². The van der Waals surface area contributed by atoms with Crippen LogP contribution in [0, 0.1) is 0 Å². The molecule has 0 fully saturated rings. The molecule has 0 aliphatic rings. The second-order valence-corrected chi connectivity index (χ2v) is 6.84. The Morgan fingerprint density at radius 2 is 1.55 bits per heavy atom. The van der Waals surface area contributed by atoms with Crippen LogP contribution >= 0.6 is 0 Å². The maximum absolute atomic E-state index is 11.0. The summed E-state index contributed by atoms with van der Waals surface area (Å²) in [5, 5.41) is 1.77. The minimum absolute atomic E-state index is 0. The van der Waals surface area contributed by atoms with E-state index in [0.29, 0.717) is 0 Å². The van der Waals surface area contributed by atoms with E-state index in [1.165, 1.54) is 49.8 Å². The molecular formula is C17H21KO3S. The maximum atomic E-state index is 11.0. The Balaban J connectivity index is 0.00000242. The van der Waals surface area contributed by atoms with E-state index in [4.69, 9.17) is 0 Å². The summed E-state index contributed by atoms with van der Waals surface area (Å²) in [6, 6.07) is 10.5. The molecule has 2 aromatic carbocycles. The molecule has 0 saturated heterocycles. The van der Waals surface area contributed by atoms with E-state index < -0.39 is 10.1 Å². The van der Waals surface area contributed by atoms with Gasteiger partial charge in [0, 0.05) is 0 Å². The first-order valence-corrected chi connectivity index (χ1v) is 8.90. The van der Waals surface area contributed by atoms with Gasteiger partial charge in [0.05, 0.1) is 4.90 Å². The molecular weight excluding hydrogens is 323 g/mol. The second-order valence-electron chi connectivity index (χ2n) is 5.46. The van der Waals surface area contributed by atoms with Gasteiger partial charge in [-0.2, -0.15) is 0 Å². The van der Waals surface area contributed by atoms with Crippen molar-refractivity contribution < 1.29 is 64.4 Å². The molecule has 2 aromatic rings. The van der Waals surface area contributed by atoms with Gasteiger partial charge >= 0.3 is 51.4 Å². The summed E-state index contributed by atoms with van der Waals surface area (Å²) < 4.78 is 33.0. The number of fused-ring (bicyclic) bond motifs is 1. The molecule has 0 aliphatic carbocycles. The molecule has 0 bridgehead atoms. The Labute approximate surface area is 175 Å². The van der Waals surface area contributed by atoms with E-state index in [9.17, 15) is 13.0 Å². The van der Waals surface area contributed by atoms with Crippen LogP contribution < -0.4 is 51.4 Å². The molecule has 114 valence electrons. The average Bonchev–Trinajstić information content (AvgIpc) is 2.45. The molecule has 0 atom stereocenters. The predicted octanol–water partition coefficient (Wildman–Crippen LogP) is 1.26. The van der Waals surface area contributed by atoms with E-state index in [1.54, 1.807) is 6.07 Å². The Morgan fingerprint density at radius 3 is 2.23 bits per heavy atom. The molecule has 0 unspecified atom stereocenters. The van der Waals surface area contributed by atoms with Crippen molar-refractivity contribution in [3.63, 3.8) is 0 Å². The van der Waals surface area contributed by atoms with Crippen LogP contribution in [0.25, 0.3) is 10.8 Å². The first kappa shape index (κ1) is 20.3. The van der Waals surface area contributed by atoms with Crippen LogP contribution in [0.5, 0.6) is 0 Å². The fourth-order valence-corrected chi connectivity index (χ4v) is 3.02. The number of hydrogen-bond donors (Lipinski definition) is 0. The smallest absolute Gasteiger partial charge is 0.744 e. The van der Waals surface area contributed by atoms with Crippen molar-refractivity contribution in [1.29, 1.82) is 0 Å². The second kappa shape index (κ2) is 9.52. The van der Waals surface area contributed by atoms with E-state index in [-0.39, 0.29) is 56.3 Å². The summed E-state index contributed by atoms with van der Waals surface area (Å²) in [5.41, 5.74) is 1.26. The number of benzene rings is 2. The minimum atomic E-state index is -4.38. The SMILES string of the molecule is CCCCCCCc1ccc2cc(S(=O)(=O)[O-])ccc2c1.[K+]. The van der Waals surface area contributed by atoms with Gasteiger partial charge in [-0.1, -0.05) is 56.9 Å². The topological polar surface area (TPSA) is 57.2 Å². The first-order chi connectivity index (χ1) is 10.0. The van der Waals surface area contributed by atoms with Crippen molar-refractivity contribution in [2.45, 2.75) is 50.3 Å². The summed E-state index contributed by atoms with van der Waals surface area (Å²) in [6.07, 6.45) is 7.30. The van der Waals surface area contributed by atoms with Crippen molar-refractivity contribution in [3.05, 3.63) is 42.0 Å². The van der Waals surface area contributed by atoms with E-state index in [2.05, 4.69) is 13.0 Å². The van der Waals surface area contributed by atoms with Crippen molar-refractivity contribution in [2.24, 2.45) is 0 Å². The third-order valence-corrected chi connectivity index (χ3v) is 4.57. The van der Waals surface area contributed by atoms with Crippen LogP contribution in [0.2, 0.25) is 0 Å². The summed E-state index contributed by atoms with van der Waals surface area (Å²) in [4.78, 5) is -0.165. The summed E-state index contributed by atoms with van der Waals surface area (Å²) in [6.45, 7) is 2.21. The molecule has 2 rings (SSSR count). The Bertz CT molecular complexity index is 711. The number of hydrogen-bond acceptors (Lipinski definition) is 3. The van der Waals surface area contributed by atoms with Gasteiger partial charge in [0.2, 0.25) is 0 Å². The molecule has 0 aromatic heterocycles. The molecule has 22 heavy (non-hydrogen) atoms. The van der Waals surface area contributed by atoms with E-state index in [1.807, 2.05) is 12.1 Å². The van der Waals surface area contributed by atoms with Gasteiger partial charge in [-0.15, -0.1) is 0 Å². The Hall–Kier alpha value is 0.246. The number of unbranched alkanes of at least 4 members (excludes halogenated alkanes) is 4. The molecule has 0 heterocycles.